The zero-order valence-corrected chi connectivity index (χ0v) is 13.3. The molecule has 1 N–H and O–H groups in total. The molecule has 1 aliphatic heterocycles. The molecule has 0 spiro atoms. The van der Waals surface area contributed by atoms with Crippen LogP contribution in [0.15, 0.2) is 48.8 Å². The summed E-state index contributed by atoms with van der Waals surface area (Å²) >= 11 is 5.99. The second kappa shape index (κ2) is 6.78. The van der Waals surface area contributed by atoms with Crippen LogP contribution in [0.5, 0.6) is 0 Å². The van der Waals surface area contributed by atoms with E-state index >= 15 is 0 Å². The van der Waals surface area contributed by atoms with Crippen LogP contribution in [0.3, 0.4) is 0 Å². The summed E-state index contributed by atoms with van der Waals surface area (Å²) < 4.78 is 0. The second-order valence-corrected chi connectivity index (χ2v) is 6.34. The van der Waals surface area contributed by atoms with Crippen LogP contribution in [0.4, 0.5) is 0 Å². The predicted octanol–water partition coefficient (Wildman–Crippen LogP) is 3.46. The van der Waals surface area contributed by atoms with Crippen molar-refractivity contribution in [3.63, 3.8) is 0 Å². The minimum atomic E-state index is -1.03. The molecule has 1 aromatic heterocycles. The van der Waals surface area contributed by atoms with E-state index in [1.54, 1.807) is 12.4 Å². The van der Waals surface area contributed by atoms with Crippen molar-refractivity contribution < 1.29 is 5.11 Å². The van der Waals surface area contributed by atoms with Gasteiger partial charge in [-0.2, -0.15) is 0 Å². The molecule has 0 saturated carbocycles. The topological polar surface area (TPSA) is 36.4 Å². The Hall–Kier alpha value is -1.42. The number of benzene rings is 1. The first-order chi connectivity index (χ1) is 10.7. The lowest BCUT2D eigenvalue weighted by atomic mass is 9.84. The fourth-order valence-corrected chi connectivity index (χ4v) is 3.24. The number of halogens is 1. The molecule has 0 amide bonds. The summed E-state index contributed by atoms with van der Waals surface area (Å²) in [6, 6.07) is 11.3. The number of rotatable bonds is 5. The molecule has 3 rings (SSSR count). The van der Waals surface area contributed by atoms with Crippen LogP contribution in [0.2, 0.25) is 5.02 Å². The van der Waals surface area contributed by atoms with Gasteiger partial charge >= 0.3 is 0 Å². The molecule has 1 atom stereocenters. The van der Waals surface area contributed by atoms with Crippen molar-refractivity contribution in [3.8, 4) is 0 Å². The molecule has 2 heterocycles. The highest BCUT2D eigenvalue weighted by atomic mass is 35.5. The first-order valence-corrected chi connectivity index (χ1v) is 8.17. The molecule has 4 heteroatoms. The molecular weight excluding hydrogens is 296 g/mol. The average Bonchev–Trinajstić information content (AvgIpc) is 3.08. The standard InChI is InChI=1S/C18H21ClN2O/c19-17-7-5-15(6-8-17)18(22,16-4-3-10-20-14-16)9-13-21-11-1-2-12-21/h3-8,10,14,22H,1-2,9,11-13H2. The van der Waals surface area contributed by atoms with Crippen LogP contribution in [0.1, 0.15) is 30.4 Å². The van der Waals surface area contributed by atoms with Crippen molar-refractivity contribution in [2.24, 2.45) is 0 Å². The summed E-state index contributed by atoms with van der Waals surface area (Å²) in [4.78, 5) is 6.59. The number of aromatic nitrogens is 1. The molecule has 1 saturated heterocycles. The molecule has 1 fully saturated rings. The number of hydrogen-bond acceptors (Lipinski definition) is 3. The van der Waals surface area contributed by atoms with Crippen molar-refractivity contribution in [1.29, 1.82) is 0 Å². The molecular formula is C18H21ClN2O. The highest BCUT2D eigenvalue weighted by Crippen LogP contribution is 2.33. The zero-order chi connectivity index (χ0) is 15.4. The monoisotopic (exact) mass is 316 g/mol. The molecule has 1 aromatic carbocycles. The minimum absolute atomic E-state index is 0.653. The molecule has 2 aromatic rings. The van der Waals surface area contributed by atoms with Crippen molar-refractivity contribution >= 4 is 11.6 Å². The normalized spacial score (nSPS) is 18.3. The van der Waals surface area contributed by atoms with Crippen LogP contribution < -0.4 is 0 Å². The summed E-state index contributed by atoms with van der Waals surface area (Å²) in [6.45, 7) is 3.14. The molecule has 116 valence electrons. The zero-order valence-electron chi connectivity index (χ0n) is 12.6. The van der Waals surface area contributed by atoms with E-state index in [0.717, 1.165) is 30.8 Å². The summed E-state index contributed by atoms with van der Waals surface area (Å²) in [7, 11) is 0. The van der Waals surface area contributed by atoms with E-state index < -0.39 is 5.60 Å². The van der Waals surface area contributed by atoms with Gasteiger partial charge < -0.3 is 10.0 Å². The van der Waals surface area contributed by atoms with Gasteiger partial charge in [-0.3, -0.25) is 4.98 Å². The molecule has 1 unspecified atom stereocenters. The third-order valence-electron chi connectivity index (χ3n) is 4.45. The van der Waals surface area contributed by atoms with Crippen LogP contribution in [-0.4, -0.2) is 34.6 Å². The Kier molecular flexibility index (Phi) is 4.77. The quantitative estimate of drug-likeness (QED) is 0.917. The summed E-state index contributed by atoms with van der Waals surface area (Å²) in [6.07, 6.45) is 6.64. The number of likely N-dealkylation sites (tertiary alicyclic amines) is 1. The largest absolute Gasteiger partial charge is 0.380 e. The van der Waals surface area contributed by atoms with Crippen LogP contribution in [0.25, 0.3) is 0 Å². The fraction of sp³-hybridized carbons (Fsp3) is 0.389. The van der Waals surface area contributed by atoms with Crippen LogP contribution in [0, 0.1) is 0 Å². The summed E-state index contributed by atoms with van der Waals surface area (Å²) in [5, 5.41) is 12.1. The lowest BCUT2D eigenvalue weighted by molar-refractivity contribution is 0.0599. The van der Waals surface area contributed by atoms with Gasteiger partial charge in [0, 0.05) is 29.5 Å². The van der Waals surface area contributed by atoms with E-state index in [1.807, 2.05) is 36.4 Å². The Morgan fingerprint density at radius 3 is 2.45 bits per heavy atom. The maximum absolute atomic E-state index is 11.4. The molecule has 0 aliphatic carbocycles. The van der Waals surface area contributed by atoms with Gasteiger partial charge in [0.2, 0.25) is 0 Å². The Morgan fingerprint density at radius 2 is 1.82 bits per heavy atom. The third-order valence-corrected chi connectivity index (χ3v) is 4.70. The number of hydrogen-bond donors (Lipinski definition) is 1. The van der Waals surface area contributed by atoms with E-state index in [1.165, 1.54) is 12.8 Å². The van der Waals surface area contributed by atoms with Gasteiger partial charge in [0.1, 0.15) is 5.60 Å². The van der Waals surface area contributed by atoms with Gasteiger partial charge in [-0.1, -0.05) is 29.8 Å². The van der Waals surface area contributed by atoms with Gasteiger partial charge in [-0.15, -0.1) is 0 Å². The molecule has 22 heavy (non-hydrogen) atoms. The van der Waals surface area contributed by atoms with Gasteiger partial charge in [-0.05, 0) is 56.1 Å². The molecule has 3 nitrogen and oxygen atoms in total. The van der Waals surface area contributed by atoms with E-state index in [4.69, 9.17) is 11.6 Å². The van der Waals surface area contributed by atoms with Crippen molar-refractivity contribution in [2.75, 3.05) is 19.6 Å². The Morgan fingerprint density at radius 1 is 1.09 bits per heavy atom. The number of aliphatic hydroxyl groups is 1. The highest BCUT2D eigenvalue weighted by Gasteiger charge is 2.32. The Labute approximate surface area is 136 Å². The van der Waals surface area contributed by atoms with Crippen LogP contribution >= 0.6 is 11.6 Å². The van der Waals surface area contributed by atoms with E-state index in [2.05, 4.69) is 9.88 Å². The number of pyridine rings is 1. The maximum atomic E-state index is 11.4. The number of nitrogens with zero attached hydrogens (tertiary/aromatic N) is 2. The molecule has 0 bridgehead atoms. The minimum Gasteiger partial charge on any atom is -0.380 e. The maximum Gasteiger partial charge on any atom is 0.117 e. The van der Waals surface area contributed by atoms with E-state index in [9.17, 15) is 5.11 Å². The van der Waals surface area contributed by atoms with Gasteiger partial charge in [0.15, 0.2) is 0 Å². The lowest BCUT2D eigenvalue weighted by Gasteiger charge is -2.31. The average molecular weight is 317 g/mol. The fourth-order valence-electron chi connectivity index (χ4n) is 3.11. The van der Waals surface area contributed by atoms with Gasteiger partial charge in [0.05, 0.1) is 0 Å². The SMILES string of the molecule is OC(CCN1CCCC1)(c1ccc(Cl)cc1)c1cccnc1. The van der Waals surface area contributed by atoms with Crippen LogP contribution in [-0.2, 0) is 5.60 Å². The summed E-state index contributed by atoms with van der Waals surface area (Å²) in [5.74, 6) is 0. The smallest absolute Gasteiger partial charge is 0.117 e. The van der Waals surface area contributed by atoms with E-state index in [-0.39, 0.29) is 0 Å². The third kappa shape index (κ3) is 3.32. The molecule has 1 aliphatic rings. The predicted molar refractivity (Wildman–Crippen MR) is 89.0 cm³/mol. The van der Waals surface area contributed by atoms with Gasteiger partial charge in [0.25, 0.3) is 0 Å². The van der Waals surface area contributed by atoms with Crippen molar-refractivity contribution in [1.82, 2.24) is 9.88 Å². The first-order valence-electron chi connectivity index (χ1n) is 7.80. The second-order valence-electron chi connectivity index (χ2n) is 5.91. The Bertz CT molecular complexity index is 596. The van der Waals surface area contributed by atoms with E-state index in [0.29, 0.717) is 11.4 Å². The van der Waals surface area contributed by atoms with Gasteiger partial charge in [-0.25, -0.2) is 0 Å². The summed E-state index contributed by atoms with van der Waals surface area (Å²) in [5.41, 5.74) is 0.669. The Balaban J connectivity index is 1.88. The first kappa shape index (κ1) is 15.5. The lowest BCUT2D eigenvalue weighted by Crippen LogP contribution is -2.33. The van der Waals surface area contributed by atoms with Crippen molar-refractivity contribution in [3.05, 3.63) is 64.9 Å². The van der Waals surface area contributed by atoms with Crippen molar-refractivity contribution in [2.45, 2.75) is 24.9 Å². The molecule has 0 radical (unpaired) electrons. The highest BCUT2D eigenvalue weighted by molar-refractivity contribution is 6.30.